The molecule has 0 bridgehead atoms. The highest BCUT2D eigenvalue weighted by molar-refractivity contribution is 9.10. The lowest BCUT2D eigenvalue weighted by atomic mass is 10.2. The van der Waals surface area contributed by atoms with Crippen molar-refractivity contribution in [1.29, 1.82) is 5.26 Å². The largest absolute Gasteiger partial charge is 0.287 e. The maximum absolute atomic E-state index is 8.73. The molecular weight excluding hydrogens is 240 g/mol. The fourth-order valence-electron chi connectivity index (χ4n) is 1.11. The minimum atomic E-state index is -0.0429. The van der Waals surface area contributed by atoms with Gasteiger partial charge in [0.05, 0.1) is 12.1 Å². The van der Waals surface area contributed by atoms with E-state index in [0.29, 0.717) is 0 Å². The highest BCUT2D eigenvalue weighted by atomic mass is 79.9. The third kappa shape index (κ3) is 3.13. The van der Waals surface area contributed by atoms with Gasteiger partial charge in [-0.2, -0.15) is 5.26 Å². The van der Waals surface area contributed by atoms with E-state index in [1.54, 1.807) is 0 Å². The fourth-order valence-corrected chi connectivity index (χ4v) is 1.38. The molecule has 14 heavy (non-hydrogen) atoms. The Labute approximate surface area is 93.3 Å². The average molecular weight is 253 g/mol. The molecule has 0 aliphatic rings. The van der Waals surface area contributed by atoms with Gasteiger partial charge in [-0.25, -0.2) is 0 Å². The number of nitriles is 1. The summed E-state index contributed by atoms with van der Waals surface area (Å²) in [5.74, 6) is 0. The summed E-state index contributed by atoms with van der Waals surface area (Å²) in [4.78, 5) is 2.02. The highest BCUT2D eigenvalue weighted by Gasteiger charge is 2.07. The van der Waals surface area contributed by atoms with Gasteiger partial charge in [-0.3, -0.25) is 4.90 Å². The van der Waals surface area contributed by atoms with Crippen molar-refractivity contribution in [2.24, 2.45) is 0 Å². The van der Waals surface area contributed by atoms with Crippen molar-refractivity contribution >= 4 is 15.9 Å². The van der Waals surface area contributed by atoms with Gasteiger partial charge in [-0.1, -0.05) is 28.1 Å². The predicted octanol–water partition coefficient (Wildman–Crippen LogP) is 2.79. The molecule has 0 amide bonds. The molecule has 2 nitrogen and oxygen atoms in total. The van der Waals surface area contributed by atoms with Crippen LogP contribution in [0.15, 0.2) is 28.7 Å². The van der Waals surface area contributed by atoms with Crippen LogP contribution < -0.4 is 0 Å². The van der Waals surface area contributed by atoms with Crippen molar-refractivity contribution in [1.82, 2.24) is 4.90 Å². The van der Waals surface area contributed by atoms with E-state index in [2.05, 4.69) is 34.1 Å². The number of hydrogen-bond donors (Lipinski definition) is 0. The fraction of sp³-hybridized carbons (Fsp3) is 0.364. The minimum absolute atomic E-state index is 0.0429. The number of halogens is 1. The van der Waals surface area contributed by atoms with Crippen LogP contribution in [0.25, 0.3) is 0 Å². The number of benzene rings is 1. The van der Waals surface area contributed by atoms with Gasteiger partial charge in [0, 0.05) is 11.0 Å². The SMILES string of the molecule is CC(C#N)N(C)Cc1ccc(Br)cc1. The molecule has 1 unspecified atom stereocenters. The zero-order valence-electron chi connectivity index (χ0n) is 8.37. The quantitative estimate of drug-likeness (QED) is 0.828. The van der Waals surface area contributed by atoms with Gasteiger partial charge in [0.25, 0.3) is 0 Å². The van der Waals surface area contributed by atoms with Crippen LogP contribution in [0.5, 0.6) is 0 Å². The van der Waals surface area contributed by atoms with Gasteiger partial charge < -0.3 is 0 Å². The summed E-state index contributed by atoms with van der Waals surface area (Å²) >= 11 is 3.39. The van der Waals surface area contributed by atoms with Crippen molar-refractivity contribution < 1.29 is 0 Å². The standard InChI is InChI=1S/C11H13BrN2/c1-9(7-13)14(2)8-10-3-5-11(12)6-4-10/h3-6,9H,8H2,1-2H3. The van der Waals surface area contributed by atoms with E-state index in [-0.39, 0.29) is 6.04 Å². The smallest absolute Gasteiger partial charge is 0.0949 e. The van der Waals surface area contributed by atoms with E-state index in [1.165, 1.54) is 5.56 Å². The van der Waals surface area contributed by atoms with Crippen LogP contribution in [-0.2, 0) is 6.54 Å². The summed E-state index contributed by atoms with van der Waals surface area (Å²) in [6, 6.07) is 10.3. The highest BCUT2D eigenvalue weighted by Crippen LogP contribution is 2.12. The van der Waals surface area contributed by atoms with Crippen LogP contribution in [0, 0.1) is 11.3 Å². The molecule has 0 aliphatic heterocycles. The van der Waals surface area contributed by atoms with Crippen molar-refractivity contribution in [3.63, 3.8) is 0 Å². The summed E-state index contributed by atoms with van der Waals surface area (Å²) in [7, 11) is 1.95. The van der Waals surface area contributed by atoms with E-state index >= 15 is 0 Å². The molecule has 0 saturated carbocycles. The summed E-state index contributed by atoms with van der Waals surface area (Å²) in [5.41, 5.74) is 1.22. The first-order chi connectivity index (χ1) is 6.63. The van der Waals surface area contributed by atoms with Crippen LogP contribution in [0.4, 0.5) is 0 Å². The van der Waals surface area contributed by atoms with Gasteiger partial charge in [0.1, 0.15) is 0 Å². The van der Waals surface area contributed by atoms with Crippen LogP contribution in [0.2, 0.25) is 0 Å². The number of rotatable bonds is 3. The first-order valence-corrected chi connectivity index (χ1v) is 5.27. The first kappa shape index (κ1) is 11.2. The van der Waals surface area contributed by atoms with E-state index in [9.17, 15) is 0 Å². The van der Waals surface area contributed by atoms with Crippen molar-refractivity contribution in [2.45, 2.75) is 19.5 Å². The second-order valence-electron chi connectivity index (χ2n) is 3.35. The molecule has 0 spiro atoms. The van der Waals surface area contributed by atoms with Gasteiger partial charge in [0.2, 0.25) is 0 Å². The zero-order valence-corrected chi connectivity index (χ0v) is 9.95. The molecule has 74 valence electrons. The topological polar surface area (TPSA) is 27.0 Å². The van der Waals surface area contributed by atoms with Crippen LogP contribution >= 0.6 is 15.9 Å². The second-order valence-corrected chi connectivity index (χ2v) is 4.26. The Morgan fingerprint density at radius 3 is 2.50 bits per heavy atom. The molecule has 0 aliphatic carbocycles. The Kier molecular flexibility index (Phi) is 4.12. The molecule has 3 heteroatoms. The van der Waals surface area contributed by atoms with Crippen molar-refractivity contribution in [3.05, 3.63) is 34.3 Å². The third-order valence-corrected chi connectivity index (χ3v) is 2.72. The summed E-state index contributed by atoms with van der Waals surface area (Å²) in [6.45, 7) is 2.71. The molecule has 0 fully saturated rings. The molecular formula is C11H13BrN2. The average Bonchev–Trinajstić information content (AvgIpc) is 2.20. The number of hydrogen-bond acceptors (Lipinski definition) is 2. The lowest BCUT2D eigenvalue weighted by molar-refractivity contribution is 0.294. The number of nitrogens with zero attached hydrogens (tertiary/aromatic N) is 2. The normalized spacial score (nSPS) is 12.5. The van der Waals surface area contributed by atoms with E-state index in [1.807, 2.05) is 31.0 Å². The Morgan fingerprint density at radius 2 is 2.00 bits per heavy atom. The Hall–Kier alpha value is -0.850. The van der Waals surface area contributed by atoms with E-state index in [4.69, 9.17) is 5.26 Å². The van der Waals surface area contributed by atoms with Gasteiger partial charge in [-0.05, 0) is 31.7 Å². The molecule has 1 rings (SSSR count). The maximum atomic E-state index is 8.73. The predicted molar refractivity (Wildman–Crippen MR) is 60.7 cm³/mol. The third-order valence-electron chi connectivity index (χ3n) is 2.19. The summed E-state index contributed by atoms with van der Waals surface area (Å²) in [5, 5.41) is 8.73. The Bertz CT molecular complexity index is 326. The molecule has 0 heterocycles. The van der Waals surface area contributed by atoms with Crippen LogP contribution in [0.1, 0.15) is 12.5 Å². The lowest BCUT2D eigenvalue weighted by Gasteiger charge is -2.18. The first-order valence-electron chi connectivity index (χ1n) is 4.48. The summed E-state index contributed by atoms with van der Waals surface area (Å²) in [6.07, 6.45) is 0. The minimum Gasteiger partial charge on any atom is -0.287 e. The van der Waals surface area contributed by atoms with Gasteiger partial charge in [-0.15, -0.1) is 0 Å². The summed E-state index contributed by atoms with van der Waals surface area (Å²) < 4.78 is 1.08. The Morgan fingerprint density at radius 1 is 1.43 bits per heavy atom. The van der Waals surface area contributed by atoms with Gasteiger partial charge in [0.15, 0.2) is 0 Å². The maximum Gasteiger partial charge on any atom is 0.0949 e. The van der Waals surface area contributed by atoms with E-state index < -0.39 is 0 Å². The molecule has 0 aromatic heterocycles. The van der Waals surface area contributed by atoms with E-state index in [0.717, 1.165) is 11.0 Å². The molecule has 1 atom stereocenters. The lowest BCUT2D eigenvalue weighted by Crippen LogP contribution is -2.26. The van der Waals surface area contributed by atoms with Crippen molar-refractivity contribution in [3.8, 4) is 6.07 Å². The van der Waals surface area contributed by atoms with Crippen LogP contribution in [0.3, 0.4) is 0 Å². The molecule has 1 aromatic carbocycles. The van der Waals surface area contributed by atoms with Gasteiger partial charge >= 0.3 is 0 Å². The second kappa shape index (κ2) is 5.14. The Balaban J connectivity index is 2.61. The monoisotopic (exact) mass is 252 g/mol. The molecule has 1 aromatic rings. The molecule has 0 saturated heterocycles. The van der Waals surface area contributed by atoms with Crippen molar-refractivity contribution in [2.75, 3.05) is 7.05 Å². The van der Waals surface area contributed by atoms with Crippen LogP contribution in [-0.4, -0.2) is 18.0 Å². The molecule has 0 N–H and O–H groups in total. The zero-order chi connectivity index (χ0) is 10.6. The molecule has 0 radical (unpaired) electrons.